The third-order valence-corrected chi connectivity index (χ3v) is 26.8. The Morgan fingerprint density at radius 3 is 1.08 bits per heavy atom. The van der Waals surface area contributed by atoms with Gasteiger partial charge in [-0.15, -0.1) is 0 Å². The second-order valence-corrected chi connectivity index (χ2v) is 34.6. The molecule has 28 nitrogen and oxygen atoms in total. The maximum Gasteiger partial charge on any atom is 0.353 e. The fourth-order valence-electron chi connectivity index (χ4n) is 20.4. The van der Waals surface area contributed by atoms with Crippen LogP contribution >= 0.6 is 11.6 Å². The number of rotatable bonds is 16. The monoisotopic (exact) mass is 1800 g/mol. The van der Waals surface area contributed by atoms with Gasteiger partial charge in [0.15, 0.2) is 5.82 Å². The molecule has 0 fully saturated rings. The van der Waals surface area contributed by atoms with E-state index in [-0.39, 0.29) is 87.9 Å². The number of aromatic carboxylic acids is 4. The molecule has 4 aliphatic carbocycles. The van der Waals surface area contributed by atoms with Crippen LogP contribution in [-0.4, -0.2) is 99.5 Å². The van der Waals surface area contributed by atoms with Crippen molar-refractivity contribution in [3.05, 3.63) is 346 Å². The van der Waals surface area contributed by atoms with Crippen LogP contribution in [0.5, 0.6) is 0 Å². The molecule has 0 spiro atoms. The maximum atomic E-state index is 15.1. The number of aromatic nitrogens is 9. The standard InChI is InChI=1S/C26H21FN4O3.C25H19ClN4O3.2C25H19FN4O3/c27-20-10-18-15(11-30-24(18)28)7-16(20)12-31-21-9-14-4-1-3-13(14)8-19(21)22(23(31)26(33)34)17-5-2-6-29-25(17)32;26-22-16(9-15-6-8-27-23(15)29-22)12-30-19-11-14-4-1-3-13(14)10-18(19)20(21(30)25(32)33)17-5-2-7-28-24(17)31;26-19-10-20-15(11-28-29-20)7-16(19)12-30-21-9-14-4-1-3-13(14)8-18(21)22(23(30)25(32)33)17-5-2-6-27-24(17)31;26-19-8-15-11-28-29-20(15)9-16(19)12-30-21-10-14-4-1-3-13(14)7-18(21)22(23(30)25(32)33)17-5-2-6-27-24(17)31/h2,5-10H,1,3-4,11-12H2,(H2,28,30)(H,29,32)(H,33,34);2,5,7-11H,1,3-4,6,12H2,(H,28,31)(H,32,33);2*2,5-10H,1,3-4,11-12H2,(H,27,31)(H,32,33). The number of azo groups is 2. The minimum Gasteiger partial charge on any atom is -0.477 e. The minimum absolute atomic E-state index is 0.000671. The molecule has 0 amide bonds. The lowest BCUT2D eigenvalue weighted by Gasteiger charge is -2.12. The molecule has 24 rings (SSSR count). The van der Waals surface area contributed by atoms with Crippen molar-refractivity contribution in [2.75, 3.05) is 0 Å². The van der Waals surface area contributed by atoms with E-state index in [0.717, 1.165) is 132 Å². The number of halogens is 4. The number of hydrogen-bond donors (Lipinski definition) is 9. The molecule has 13 heterocycles. The van der Waals surface area contributed by atoms with Crippen LogP contribution in [0.4, 0.5) is 30.4 Å². The number of pyridine rings is 5. The number of carboxylic acids is 4. The Bertz CT molecular complexity index is 7970. The average Bonchev–Trinajstić information content (AvgIpc) is 1.59. The van der Waals surface area contributed by atoms with Gasteiger partial charge >= 0.3 is 23.9 Å². The Morgan fingerprint density at radius 2 is 0.699 bits per heavy atom. The lowest BCUT2D eigenvalue weighted by Crippen LogP contribution is -2.15. The summed E-state index contributed by atoms with van der Waals surface area (Å²) in [4.78, 5) is 124. The first kappa shape index (κ1) is 83.8. The molecule has 0 unspecified atom stereocenters. The topological polar surface area (TPSA) is 413 Å². The number of aromatic amines is 4. The van der Waals surface area contributed by atoms with Crippen LogP contribution in [0.1, 0.15) is 162 Å². The van der Waals surface area contributed by atoms with Crippen LogP contribution in [0.3, 0.4) is 0 Å². The smallest absolute Gasteiger partial charge is 0.353 e. The summed E-state index contributed by atoms with van der Waals surface area (Å²) in [6.45, 7) is 1.31. The number of fused-ring (bicyclic) bond motifs is 12. The van der Waals surface area contributed by atoms with Crippen molar-refractivity contribution < 1.29 is 52.8 Å². The van der Waals surface area contributed by atoms with Gasteiger partial charge in [0.25, 0.3) is 22.2 Å². The van der Waals surface area contributed by atoms with Gasteiger partial charge < -0.3 is 64.4 Å². The third-order valence-electron chi connectivity index (χ3n) is 26.5. The van der Waals surface area contributed by atoms with Crippen LogP contribution in [0.15, 0.2) is 214 Å². The van der Waals surface area contributed by atoms with Gasteiger partial charge in [0, 0.05) is 176 Å². The molecule has 0 atom stereocenters. The van der Waals surface area contributed by atoms with E-state index in [2.05, 4.69) is 67.5 Å². The van der Waals surface area contributed by atoms with E-state index in [9.17, 15) is 67.6 Å². The second kappa shape index (κ2) is 33.5. The van der Waals surface area contributed by atoms with E-state index in [1.54, 1.807) is 97.4 Å². The lowest BCUT2D eigenvalue weighted by atomic mass is 10.00. The Balaban J connectivity index is 0.000000107. The van der Waals surface area contributed by atoms with Crippen molar-refractivity contribution in [1.29, 1.82) is 0 Å². The number of carbonyl (C=O) groups is 4. The predicted octanol–water partition coefficient (Wildman–Crippen LogP) is 18.1. The van der Waals surface area contributed by atoms with E-state index in [1.165, 1.54) is 53.5 Å². The zero-order chi connectivity index (χ0) is 91.6. The van der Waals surface area contributed by atoms with Gasteiger partial charge in [0.1, 0.15) is 51.2 Å². The molecule has 0 saturated carbocycles. The molecule has 9 aromatic heterocycles. The molecular formula is C101H78ClF3N16O12. The van der Waals surface area contributed by atoms with Gasteiger partial charge in [-0.25, -0.2) is 42.3 Å². The normalized spacial score (nSPS) is 14.2. The number of carboxylic acid groups (broad SMARTS) is 4. The first-order valence-electron chi connectivity index (χ1n) is 43.5. The van der Waals surface area contributed by atoms with Crippen molar-refractivity contribution in [1.82, 2.24) is 43.2 Å². The van der Waals surface area contributed by atoms with Gasteiger partial charge in [0.2, 0.25) is 0 Å². The number of aryl methyl sites for hydroxylation is 8. The van der Waals surface area contributed by atoms with Crippen molar-refractivity contribution in [2.24, 2.45) is 36.2 Å². The van der Waals surface area contributed by atoms with Crippen molar-refractivity contribution in [3.8, 4) is 44.5 Å². The number of nitrogens with zero attached hydrogens (tertiary/aromatic N) is 11. The van der Waals surface area contributed by atoms with Crippen molar-refractivity contribution in [3.63, 3.8) is 0 Å². The zero-order valence-corrected chi connectivity index (χ0v) is 71.6. The van der Waals surface area contributed by atoms with Crippen LogP contribution in [0.25, 0.3) is 88.1 Å². The van der Waals surface area contributed by atoms with Crippen LogP contribution in [-0.2, 0) is 104 Å². The highest BCUT2D eigenvalue weighted by molar-refractivity contribution is 6.30. The Kier molecular flexibility index (Phi) is 21.1. The van der Waals surface area contributed by atoms with E-state index in [0.29, 0.717) is 148 Å². The quantitative estimate of drug-likeness (QED) is 0.0406. The van der Waals surface area contributed by atoms with Gasteiger partial charge in [-0.05, 0) is 261 Å². The summed E-state index contributed by atoms with van der Waals surface area (Å²) in [5, 5.41) is 60.1. The number of aliphatic imine (C=N–C) groups is 2. The fraction of sp³-hybridized carbons (Fsp3) is 0.198. The molecule has 4 aliphatic heterocycles. The Hall–Kier alpha value is -16.1. The van der Waals surface area contributed by atoms with Crippen molar-refractivity contribution in [2.45, 2.75) is 129 Å². The van der Waals surface area contributed by atoms with E-state index in [1.807, 2.05) is 42.5 Å². The highest BCUT2D eigenvalue weighted by Crippen LogP contribution is 2.46. The number of hydrogen-bond acceptors (Lipinski definition) is 16. The molecule has 16 aromatic rings. The van der Waals surface area contributed by atoms with Crippen molar-refractivity contribution >= 4 is 108 Å². The third kappa shape index (κ3) is 14.8. The highest BCUT2D eigenvalue weighted by atomic mass is 35.5. The Labute approximate surface area is 755 Å². The molecule has 0 bridgehead atoms. The van der Waals surface area contributed by atoms with Gasteiger partial charge in [0.05, 0.1) is 57.2 Å². The van der Waals surface area contributed by atoms with Gasteiger partial charge in [-0.3, -0.25) is 24.2 Å². The molecule has 8 aliphatic rings. The summed E-state index contributed by atoms with van der Waals surface area (Å²) >= 11 is 6.48. The number of nitrogens with two attached hydrogens (primary N) is 1. The van der Waals surface area contributed by atoms with E-state index >= 15 is 4.39 Å². The number of amidine groups is 1. The molecule has 32 heteroatoms. The zero-order valence-electron chi connectivity index (χ0n) is 70.9. The molecule has 0 saturated heterocycles. The lowest BCUT2D eigenvalue weighted by molar-refractivity contribution is 0.0676. The summed E-state index contributed by atoms with van der Waals surface area (Å²) in [5.41, 5.74) is 26.0. The Morgan fingerprint density at radius 1 is 0.376 bits per heavy atom. The maximum absolute atomic E-state index is 15.1. The highest BCUT2D eigenvalue weighted by Gasteiger charge is 2.35. The molecule has 10 N–H and O–H groups in total. The first-order valence-corrected chi connectivity index (χ1v) is 43.9. The van der Waals surface area contributed by atoms with Crippen LogP contribution in [0.2, 0.25) is 5.15 Å². The average molecular weight is 1800 g/mol. The SMILES string of the molecule is NC1=NCc2cc(Cn3c(C(=O)O)c(-c4ccc[nH]c4=O)c4cc5c(cc43)CCC5)c(F)cc21.O=C(O)c1c(-c2ccc[nH]c2=O)c2cc3c(cc2n1Cc1cc2c(cc1F)CN=N2)CCC3.O=C(O)c1c(-c2ccc[nH]c2=O)c2cc3c(cc2n1Cc1cc2c(cc1F)N=NC2)CCC3.O=C(O)c1c(-c2ccc[nH]c2=O)c2cc3c(cc2n1Cc1cc2c(nc1Cl)N=CC2)CCC3. The summed E-state index contributed by atoms with van der Waals surface area (Å²) in [5.74, 6) is -5.08. The molecule has 7 aromatic carbocycles. The molecule has 133 heavy (non-hydrogen) atoms. The minimum atomic E-state index is -1.18. The number of benzene rings is 7. The van der Waals surface area contributed by atoms with E-state index in [4.69, 9.17) is 17.3 Å². The van der Waals surface area contributed by atoms with E-state index < -0.39 is 41.3 Å². The fourth-order valence-corrected chi connectivity index (χ4v) is 20.6. The molecular weight excluding hydrogens is 1720 g/mol. The van der Waals surface area contributed by atoms with Gasteiger partial charge in [-0.2, -0.15) is 20.5 Å². The van der Waals surface area contributed by atoms with Crippen LogP contribution in [0, 0.1) is 17.5 Å². The second-order valence-electron chi connectivity index (χ2n) is 34.3. The summed E-state index contributed by atoms with van der Waals surface area (Å²) < 4.78 is 51.7. The number of nitrogens with one attached hydrogen (secondary N) is 4. The molecule has 0 radical (unpaired) electrons. The van der Waals surface area contributed by atoms with Gasteiger partial charge in [-0.1, -0.05) is 11.6 Å². The largest absolute Gasteiger partial charge is 0.477 e. The summed E-state index contributed by atoms with van der Waals surface area (Å²) in [6.07, 6.45) is 20.0. The number of H-pyrrole nitrogens is 4. The predicted molar refractivity (Wildman–Crippen MR) is 495 cm³/mol. The summed E-state index contributed by atoms with van der Waals surface area (Å²) in [7, 11) is 0. The molecule has 662 valence electrons. The summed E-state index contributed by atoms with van der Waals surface area (Å²) in [6, 6.07) is 40.4. The van der Waals surface area contributed by atoms with Crippen LogP contribution < -0.4 is 28.0 Å². The first-order chi connectivity index (χ1) is 64.4.